The van der Waals surface area contributed by atoms with Crippen LogP contribution in [0.1, 0.15) is 19.4 Å². The topological polar surface area (TPSA) is 24.9 Å². The van der Waals surface area contributed by atoms with E-state index in [4.69, 9.17) is 11.6 Å². The number of hydrogen-bond donors (Lipinski definition) is 1. The third-order valence-corrected chi connectivity index (χ3v) is 3.12. The third kappa shape index (κ3) is 3.52. The Morgan fingerprint density at radius 2 is 2.05 bits per heavy atom. The second-order valence-electron chi connectivity index (χ2n) is 4.71. The van der Waals surface area contributed by atoms with Crippen LogP contribution in [0.5, 0.6) is 0 Å². The summed E-state index contributed by atoms with van der Waals surface area (Å²) in [7, 11) is 0. The lowest BCUT2D eigenvalue weighted by Gasteiger charge is -2.11. The zero-order valence-corrected chi connectivity index (χ0v) is 11.7. The van der Waals surface area contributed by atoms with Crippen LogP contribution in [0.2, 0.25) is 5.02 Å². The monoisotopic (exact) mass is 278 g/mol. The zero-order chi connectivity index (χ0) is 13.8. The Hall–Kier alpha value is -1.45. The molecule has 4 heteroatoms. The molecule has 2 aromatic rings. The Bertz CT molecular complexity index is 570. The quantitative estimate of drug-likeness (QED) is 0.913. The molecule has 1 aromatic heterocycles. The molecule has 0 aliphatic heterocycles. The highest BCUT2D eigenvalue weighted by Crippen LogP contribution is 2.30. The highest BCUT2D eigenvalue weighted by Gasteiger charge is 2.09. The van der Waals surface area contributed by atoms with Crippen LogP contribution in [0.4, 0.5) is 4.39 Å². The highest BCUT2D eigenvalue weighted by atomic mass is 35.5. The van der Waals surface area contributed by atoms with Crippen LogP contribution in [-0.2, 0) is 6.54 Å². The van der Waals surface area contributed by atoms with Crippen LogP contribution in [-0.4, -0.2) is 11.0 Å². The summed E-state index contributed by atoms with van der Waals surface area (Å²) in [5.41, 5.74) is 2.25. The molecule has 100 valence electrons. The first-order chi connectivity index (χ1) is 9.08. The average Bonchev–Trinajstić information content (AvgIpc) is 2.38. The Balaban J connectivity index is 2.27. The van der Waals surface area contributed by atoms with Crippen LogP contribution < -0.4 is 5.32 Å². The van der Waals surface area contributed by atoms with Crippen molar-refractivity contribution in [3.8, 4) is 11.1 Å². The summed E-state index contributed by atoms with van der Waals surface area (Å²) in [4.78, 5) is 3.74. The van der Waals surface area contributed by atoms with Gasteiger partial charge in [-0.05, 0) is 17.7 Å². The third-order valence-electron chi connectivity index (χ3n) is 2.81. The molecule has 0 atom stereocenters. The lowest BCUT2D eigenvalue weighted by Crippen LogP contribution is -2.21. The Morgan fingerprint density at radius 1 is 1.26 bits per heavy atom. The standard InChI is InChI=1S/C15H16ClFN2/c1-10(2)19-8-11-3-4-12(14(16)7-11)13-5-6-18-9-15(13)17/h3-7,9-10,19H,8H2,1-2H3. The maximum atomic E-state index is 13.7. The van der Waals surface area contributed by atoms with Crippen molar-refractivity contribution in [2.45, 2.75) is 26.4 Å². The molecule has 1 N–H and O–H groups in total. The zero-order valence-electron chi connectivity index (χ0n) is 11.0. The minimum Gasteiger partial charge on any atom is -0.310 e. The van der Waals surface area contributed by atoms with Gasteiger partial charge in [0.1, 0.15) is 5.82 Å². The summed E-state index contributed by atoms with van der Waals surface area (Å²) in [6.45, 7) is 4.92. The molecule has 0 unspecified atom stereocenters. The van der Waals surface area contributed by atoms with Crippen molar-refractivity contribution in [3.05, 3.63) is 53.1 Å². The fourth-order valence-corrected chi connectivity index (χ4v) is 2.11. The predicted molar refractivity (Wildman–Crippen MR) is 76.6 cm³/mol. The number of nitrogens with one attached hydrogen (secondary N) is 1. The molecule has 0 saturated heterocycles. The molecule has 2 rings (SSSR count). The summed E-state index contributed by atoms with van der Waals surface area (Å²) in [5, 5.41) is 3.87. The Morgan fingerprint density at radius 3 is 2.68 bits per heavy atom. The van der Waals surface area contributed by atoms with E-state index in [1.807, 2.05) is 18.2 Å². The summed E-state index contributed by atoms with van der Waals surface area (Å²) in [5.74, 6) is -0.363. The van der Waals surface area contributed by atoms with Gasteiger partial charge in [0.05, 0.1) is 6.20 Å². The summed E-state index contributed by atoms with van der Waals surface area (Å²) in [6, 6.07) is 7.71. The van der Waals surface area contributed by atoms with Gasteiger partial charge in [-0.2, -0.15) is 0 Å². The molecule has 19 heavy (non-hydrogen) atoms. The SMILES string of the molecule is CC(C)NCc1ccc(-c2ccncc2F)c(Cl)c1. The molecular weight excluding hydrogens is 263 g/mol. The van der Waals surface area contributed by atoms with Crippen LogP contribution in [0.15, 0.2) is 36.7 Å². The lowest BCUT2D eigenvalue weighted by atomic mass is 10.0. The Kier molecular flexibility index (Phi) is 4.51. The van der Waals surface area contributed by atoms with Gasteiger partial charge < -0.3 is 5.32 Å². The van der Waals surface area contributed by atoms with E-state index in [2.05, 4.69) is 24.1 Å². The van der Waals surface area contributed by atoms with Gasteiger partial charge in [-0.3, -0.25) is 4.98 Å². The van der Waals surface area contributed by atoms with Crippen LogP contribution >= 0.6 is 11.6 Å². The average molecular weight is 279 g/mol. The van der Waals surface area contributed by atoms with E-state index >= 15 is 0 Å². The first-order valence-electron chi connectivity index (χ1n) is 6.19. The van der Waals surface area contributed by atoms with Crippen LogP contribution in [0.25, 0.3) is 11.1 Å². The first-order valence-corrected chi connectivity index (χ1v) is 6.57. The number of pyridine rings is 1. The number of aromatic nitrogens is 1. The van der Waals surface area contributed by atoms with E-state index in [9.17, 15) is 4.39 Å². The van der Waals surface area contributed by atoms with E-state index in [0.29, 0.717) is 22.2 Å². The number of hydrogen-bond acceptors (Lipinski definition) is 2. The second kappa shape index (κ2) is 6.13. The van der Waals surface area contributed by atoms with Crippen molar-refractivity contribution >= 4 is 11.6 Å². The molecule has 0 radical (unpaired) electrons. The molecule has 0 saturated carbocycles. The number of nitrogens with zero attached hydrogens (tertiary/aromatic N) is 1. The van der Waals surface area contributed by atoms with Crippen LogP contribution in [0.3, 0.4) is 0 Å². The predicted octanol–water partition coefficient (Wildman–Crippen LogP) is 4.04. The molecule has 0 aliphatic rings. The maximum Gasteiger partial charge on any atom is 0.149 e. The fraction of sp³-hybridized carbons (Fsp3) is 0.267. The van der Waals surface area contributed by atoms with Crippen molar-refractivity contribution in [3.63, 3.8) is 0 Å². The number of benzene rings is 1. The lowest BCUT2D eigenvalue weighted by molar-refractivity contribution is 0.589. The molecular formula is C15H16ClFN2. The summed E-state index contributed by atoms with van der Waals surface area (Å²) in [6.07, 6.45) is 2.75. The van der Waals surface area contributed by atoms with Gasteiger partial charge in [0, 0.05) is 34.9 Å². The minimum atomic E-state index is -0.363. The minimum absolute atomic E-state index is 0.363. The van der Waals surface area contributed by atoms with E-state index in [1.165, 1.54) is 6.20 Å². The van der Waals surface area contributed by atoms with Crippen molar-refractivity contribution in [2.24, 2.45) is 0 Å². The fourth-order valence-electron chi connectivity index (χ4n) is 1.80. The van der Waals surface area contributed by atoms with E-state index in [1.54, 1.807) is 12.3 Å². The van der Waals surface area contributed by atoms with Crippen LogP contribution in [0, 0.1) is 5.82 Å². The molecule has 0 fully saturated rings. The highest BCUT2D eigenvalue weighted by molar-refractivity contribution is 6.33. The second-order valence-corrected chi connectivity index (χ2v) is 5.11. The smallest absolute Gasteiger partial charge is 0.149 e. The molecule has 0 bridgehead atoms. The summed E-state index contributed by atoms with van der Waals surface area (Å²) >= 11 is 6.24. The van der Waals surface area contributed by atoms with Crippen molar-refractivity contribution in [1.29, 1.82) is 0 Å². The van der Waals surface area contributed by atoms with Gasteiger partial charge in [0.2, 0.25) is 0 Å². The van der Waals surface area contributed by atoms with Crippen molar-refractivity contribution < 1.29 is 4.39 Å². The number of rotatable bonds is 4. The van der Waals surface area contributed by atoms with E-state index in [0.717, 1.165) is 12.1 Å². The van der Waals surface area contributed by atoms with Gasteiger partial charge in [-0.25, -0.2) is 4.39 Å². The van der Waals surface area contributed by atoms with E-state index < -0.39 is 0 Å². The molecule has 1 aromatic carbocycles. The number of halogens is 2. The van der Waals surface area contributed by atoms with Crippen molar-refractivity contribution in [2.75, 3.05) is 0 Å². The van der Waals surface area contributed by atoms with Gasteiger partial charge in [-0.1, -0.05) is 37.6 Å². The summed E-state index contributed by atoms with van der Waals surface area (Å²) < 4.78 is 13.7. The van der Waals surface area contributed by atoms with Gasteiger partial charge in [-0.15, -0.1) is 0 Å². The molecule has 0 amide bonds. The molecule has 0 aliphatic carbocycles. The first kappa shape index (κ1) is 14.0. The van der Waals surface area contributed by atoms with Crippen molar-refractivity contribution in [1.82, 2.24) is 10.3 Å². The van der Waals surface area contributed by atoms with Gasteiger partial charge in [0.15, 0.2) is 0 Å². The Labute approximate surface area is 117 Å². The normalized spacial score (nSPS) is 11.0. The molecule has 1 heterocycles. The largest absolute Gasteiger partial charge is 0.310 e. The maximum absolute atomic E-state index is 13.7. The molecule has 0 spiro atoms. The van der Waals surface area contributed by atoms with E-state index in [-0.39, 0.29) is 5.82 Å². The van der Waals surface area contributed by atoms with Gasteiger partial charge in [0.25, 0.3) is 0 Å². The van der Waals surface area contributed by atoms with Gasteiger partial charge >= 0.3 is 0 Å². The molecule has 2 nitrogen and oxygen atoms in total.